The summed E-state index contributed by atoms with van der Waals surface area (Å²) in [6.45, 7) is 1.91. The number of hydrogen-bond acceptors (Lipinski definition) is 4. The van der Waals surface area contributed by atoms with Crippen LogP contribution in [0, 0.1) is 0 Å². The fourth-order valence-electron chi connectivity index (χ4n) is 2.75. The number of methoxy groups -OCH3 is 1. The van der Waals surface area contributed by atoms with Gasteiger partial charge < -0.3 is 9.15 Å². The summed E-state index contributed by atoms with van der Waals surface area (Å²) in [5.41, 5.74) is 1.26. The van der Waals surface area contributed by atoms with E-state index in [1.54, 1.807) is 7.11 Å². The lowest BCUT2D eigenvalue weighted by molar-refractivity contribution is 0.127. The van der Waals surface area contributed by atoms with Crippen molar-refractivity contribution in [2.75, 3.05) is 13.7 Å². The first-order chi connectivity index (χ1) is 9.36. The van der Waals surface area contributed by atoms with Crippen molar-refractivity contribution in [3.63, 3.8) is 0 Å². The zero-order valence-electron chi connectivity index (χ0n) is 11.1. The molecule has 0 saturated carbocycles. The highest BCUT2D eigenvalue weighted by molar-refractivity contribution is 5.14. The molecule has 1 fully saturated rings. The van der Waals surface area contributed by atoms with E-state index in [2.05, 4.69) is 15.1 Å². The fourth-order valence-corrected chi connectivity index (χ4v) is 2.75. The van der Waals surface area contributed by atoms with Crippen LogP contribution >= 0.6 is 0 Å². The third-order valence-electron chi connectivity index (χ3n) is 3.71. The molecule has 5 nitrogen and oxygen atoms in total. The smallest absolute Gasteiger partial charge is 0.284 e. The Labute approximate surface area is 112 Å². The highest BCUT2D eigenvalue weighted by Gasteiger charge is 2.25. The van der Waals surface area contributed by atoms with E-state index in [1.807, 2.05) is 24.5 Å². The summed E-state index contributed by atoms with van der Waals surface area (Å²) in [4.78, 5) is 2.45. The van der Waals surface area contributed by atoms with Crippen molar-refractivity contribution in [3.05, 3.63) is 35.9 Å². The van der Waals surface area contributed by atoms with E-state index in [9.17, 15) is 0 Å². The minimum atomic E-state index is 0.434. The summed E-state index contributed by atoms with van der Waals surface area (Å²) in [6.07, 6.45) is 7.61. The minimum absolute atomic E-state index is 0.434. The Hall–Kier alpha value is -1.75. The molecule has 0 aliphatic carbocycles. The molecular weight excluding hydrogens is 242 g/mol. The molecule has 19 heavy (non-hydrogen) atoms. The predicted molar refractivity (Wildman–Crippen MR) is 70.8 cm³/mol. The number of rotatable bonds is 4. The summed E-state index contributed by atoms with van der Waals surface area (Å²) in [5, 5.41) is 6.97. The first-order valence-electron chi connectivity index (χ1n) is 6.72. The van der Waals surface area contributed by atoms with Gasteiger partial charge in [-0.15, -0.1) is 0 Å². The molecule has 1 aliphatic heterocycles. The molecular formula is C14H19N3O2. The molecule has 2 aromatic heterocycles. The van der Waals surface area contributed by atoms with Crippen LogP contribution in [0.3, 0.4) is 0 Å². The van der Waals surface area contributed by atoms with Gasteiger partial charge in [0.1, 0.15) is 5.76 Å². The average molecular weight is 261 g/mol. The zero-order chi connectivity index (χ0) is 13.1. The van der Waals surface area contributed by atoms with Gasteiger partial charge in [0.2, 0.25) is 0 Å². The van der Waals surface area contributed by atoms with Crippen molar-refractivity contribution in [1.82, 2.24) is 15.1 Å². The first-order valence-corrected chi connectivity index (χ1v) is 6.72. The van der Waals surface area contributed by atoms with Gasteiger partial charge in [-0.1, -0.05) is 6.42 Å². The molecule has 1 unspecified atom stereocenters. The van der Waals surface area contributed by atoms with Crippen LogP contribution in [0.15, 0.2) is 28.9 Å². The zero-order valence-corrected chi connectivity index (χ0v) is 11.1. The second-order valence-electron chi connectivity index (χ2n) is 4.94. The lowest BCUT2D eigenvalue weighted by Gasteiger charge is -2.34. The molecule has 102 valence electrons. The average Bonchev–Trinajstić information content (AvgIpc) is 3.10. The standard InChI is InChI=1S/C14H19N3O2/c1-18-14-6-5-12(19-14)10-17-7-3-2-4-13(17)11-8-15-16-9-11/h5-6,8-9,13H,2-4,7,10H2,1H3,(H,15,16). The van der Waals surface area contributed by atoms with Crippen LogP contribution in [0.4, 0.5) is 0 Å². The quantitative estimate of drug-likeness (QED) is 0.919. The van der Waals surface area contributed by atoms with Gasteiger partial charge in [-0.2, -0.15) is 5.10 Å². The Morgan fingerprint density at radius 3 is 3.16 bits per heavy atom. The lowest BCUT2D eigenvalue weighted by Crippen LogP contribution is -2.32. The SMILES string of the molecule is COc1ccc(CN2CCCCC2c2cn[nH]c2)o1. The Kier molecular flexibility index (Phi) is 3.55. The van der Waals surface area contributed by atoms with Gasteiger partial charge in [0, 0.05) is 23.9 Å². The first kappa shape index (κ1) is 12.3. The number of aromatic amines is 1. The topological polar surface area (TPSA) is 54.3 Å². The molecule has 3 heterocycles. The maximum Gasteiger partial charge on any atom is 0.284 e. The van der Waals surface area contributed by atoms with Crippen molar-refractivity contribution in [2.45, 2.75) is 31.8 Å². The number of furan rings is 1. The van der Waals surface area contributed by atoms with E-state index >= 15 is 0 Å². The Morgan fingerprint density at radius 1 is 1.47 bits per heavy atom. The van der Waals surface area contributed by atoms with E-state index in [0.717, 1.165) is 18.8 Å². The Morgan fingerprint density at radius 2 is 2.42 bits per heavy atom. The Bertz CT molecular complexity index is 507. The van der Waals surface area contributed by atoms with Crippen LogP contribution in [-0.4, -0.2) is 28.8 Å². The number of ether oxygens (including phenoxy) is 1. The highest BCUT2D eigenvalue weighted by Crippen LogP contribution is 2.32. The van der Waals surface area contributed by atoms with Crippen LogP contribution in [-0.2, 0) is 6.54 Å². The van der Waals surface area contributed by atoms with Crippen molar-refractivity contribution in [2.24, 2.45) is 0 Å². The maximum atomic E-state index is 5.61. The summed E-state index contributed by atoms with van der Waals surface area (Å²) in [6, 6.07) is 4.29. The fraction of sp³-hybridized carbons (Fsp3) is 0.500. The number of nitrogens with zero attached hydrogens (tertiary/aromatic N) is 2. The summed E-state index contributed by atoms with van der Waals surface area (Å²) < 4.78 is 10.7. The molecule has 3 rings (SSSR count). The monoisotopic (exact) mass is 261 g/mol. The second-order valence-corrected chi connectivity index (χ2v) is 4.94. The third-order valence-corrected chi connectivity index (χ3v) is 3.71. The molecule has 0 spiro atoms. The van der Waals surface area contributed by atoms with Crippen LogP contribution < -0.4 is 4.74 Å². The van der Waals surface area contributed by atoms with Crippen LogP contribution in [0.1, 0.15) is 36.6 Å². The molecule has 0 aromatic carbocycles. The van der Waals surface area contributed by atoms with Gasteiger partial charge in [-0.25, -0.2) is 0 Å². The van der Waals surface area contributed by atoms with Crippen LogP contribution in [0.5, 0.6) is 5.95 Å². The number of aromatic nitrogens is 2. The number of hydrogen-bond donors (Lipinski definition) is 1. The minimum Gasteiger partial charge on any atom is -0.468 e. The molecule has 1 atom stereocenters. The van der Waals surface area contributed by atoms with Crippen LogP contribution in [0.25, 0.3) is 0 Å². The number of H-pyrrole nitrogens is 1. The van der Waals surface area contributed by atoms with Crippen molar-refractivity contribution >= 4 is 0 Å². The summed E-state index contributed by atoms with van der Waals surface area (Å²) in [7, 11) is 1.62. The molecule has 1 aliphatic rings. The molecule has 0 amide bonds. The van der Waals surface area contributed by atoms with E-state index in [0.29, 0.717) is 12.0 Å². The molecule has 2 aromatic rings. The number of nitrogens with one attached hydrogen (secondary N) is 1. The highest BCUT2D eigenvalue weighted by atomic mass is 16.6. The van der Waals surface area contributed by atoms with Crippen molar-refractivity contribution in [3.8, 4) is 5.95 Å². The second kappa shape index (κ2) is 5.48. The number of piperidine rings is 1. The van der Waals surface area contributed by atoms with E-state index in [1.165, 1.54) is 24.8 Å². The van der Waals surface area contributed by atoms with Gasteiger partial charge in [0.05, 0.1) is 19.9 Å². The molecule has 0 radical (unpaired) electrons. The van der Waals surface area contributed by atoms with Gasteiger partial charge >= 0.3 is 0 Å². The maximum absolute atomic E-state index is 5.61. The van der Waals surface area contributed by atoms with Crippen molar-refractivity contribution in [1.29, 1.82) is 0 Å². The van der Waals surface area contributed by atoms with Crippen LogP contribution in [0.2, 0.25) is 0 Å². The van der Waals surface area contributed by atoms with Gasteiger partial charge in [0.25, 0.3) is 5.95 Å². The normalized spacial score (nSPS) is 20.6. The summed E-state index contributed by atoms with van der Waals surface area (Å²) >= 11 is 0. The largest absolute Gasteiger partial charge is 0.468 e. The van der Waals surface area contributed by atoms with E-state index in [-0.39, 0.29) is 0 Å². The van der Waals surface area contributed by atoms with E-state index in [4.69, 9.17) is 9.15 Å². The number of likely N-dealkylation sites (tertiary alicyclic amines) is 1. The molecule has 5 heteroatoms. The molecule has 1 N–H and O–H groups in total. The lowest BCUT2D eigenvalue weighted by atomic mass is 9.97. The van der Waals surface area contributed by atoms with Crippen molar-refractivity contribution < 1.29 is 9.15 Å². The predicted octanol–water partition coefficient (Wildman–Crippen LogP) is 2.74. The third kappa shape index (κ3) is 2.66. The summed E-state index contributed by atoms with van der Waals surface area (Å²) in [5.74, 6) is 1.53. The van der Waals surface area contributed by atoms with Gasteiger partial charge in [-0.3, -0.25) is 10.00 Å². The molecule has 0 bridgehead atoms. The van der Waals surface area contributed by atoms with E-state index < -0.39 is 0 Å². The molecule has 1 saturated heterocycles. The van der Waals surface area contributed by atoms with Gasteiger partial charge in [0.15, 0.2) is 0 Å². The van der Waals surface area contributed by atoms with Gasteiger partial charge in [-0.05, 0) is 25.5 Å². The Balaban J connectivity index is 1.73.